The Morgan fingerprint density at radius 1 is 1.00 bits per heavy atom. The molecule has 0 spiro atoms. The van der Waals surface area contributed by atoms with Crippen molar-refractivity contribution >= 4 is 6.03 Å². The zero-order chi connectivity index (χ0) is 27.5. The van der Waals surface area contributed by atoms with Gasteiger partial charge in [0.25, 0.3) is 0 Å². The normalized spacial score (nSPS) is 43.8. The molecule has 1 saturated heterocycles. The minimum atomic E-state index is -0.842. The Hall–Kier alpha value is -1.90. The molecule has 1 aromatic heterocycles. The summed E-state index contributed by atoms with van der Waals surface area (Å²) in [6.07, 6.45) is 11.3. The smallest absolute Gasteiger partial charge is 0.335 e. The van der Waals surface area contributed by atoms with Gasteiger partial charge in [0.1, 0.15) is 0 Å². The van der Waals surface area contributed by atoms with Crippen LogP contribution in [0.2, 0.25) is 0 Å². The molecule has 8 atom stereocenters. The monoisotopic (exact) mass is 541 g/mol. The van der Waals surface area contributed by atoms with Crippen molar-refractivity contribution in [2.75, 3.05) is 26.2 Å². The van der Waals surface area contributed by atoms with E-state index in [1.807, 2.05) is 6.07 Å². The van der Waals surface area contributed by atoms with E-state index in [-0.39, 0.29) is 46.3 Å². The lowest BCUT2D eigenvalue weighted by Gasteiger charge is -2.66. The van der Waals surface area contributed by atoms with Crippen molar-refractivity contribution in [2.24, 2.45) is 22.7 Å². The summed E-state index contributed by atoms with van der Waals surface area (Å²) < 4.78 is 5.21. The molecule has 1 aromatic rings. The average molecular weight is 542 g/mol. The van der Waals surface area contributed by atoms with Crippen LogP contribution in [-0.4, -0.2) is 64.6 Å². The zero-order valence-electron chi connectivity index (χ0n) is 23.7. The van der Waals surface area contributed by atoms with Crippen molar-refractivity contribution in [2.45, 2.75) is 108 Å². The van der Waals surface area contributed by atoms with Crippen LogP contribution < -0.4 is 16.3 Å². The van der Waals surface area contributed by atoms with Gasteiger partial charge in [0, 0.05) is 30.6 Å². The highest BCUT2D eigenvalue weighted by Crippen LogP contribution is 2.71. The number of fused-ring (bicyclic) bond motifs is 5. The highest BCUT2D eigenvalue weighted by Gasteiger charge is 2.69. The number of nitrogens with zero attached hydrogens (tertiary/aromatic N) is 1. The number of nitrogens with one attached hydrogen (secondary N) is 2. The van der Waals surface area contributed by atoms with E-state index in [0.29, 0.717) is 19.4 Å². The molecule has 8 heteroatoms. The topological polar surface area (TPSA) is 115 Å². The van der Waals surface area contributed by atoms with Crippen LogP contribution in [0.5, 0.6) is 0 Å². The molecule has 0 unspecified atom stereocenters. The van der Waals surface area contributed by atoms with Crippen LogP contribution in [0.3, 0.4) is 0 Å². The van der Waals surface area contributed by atoms with E-state index in [4.69, 9.17) is 4.42 Å². The Kier molecular flexibility index (Phi) is 6.91. The van der Waals surface area contributed by atoms with Crippen LogP contribution >= 0.6 is 0 Å². The van der Waals surface area contributed by atoms with Crippen LogP contribution in [0, 0.1) is 22.7 Å². The molecule has 4 aliphatic carbocycles. The lowest BCUT2D eigenvalue weighted by atomic mass is 9.42. The molecule has 216 valence electrons. The van der Waals surface area contributed by atoms with Crippen molar-refractivity contribution in [3.05, 3.63) is 34.4 Å². The second-order valence-corrected chi connectivity index (χ2v) is 13.9. The Bertz CT molecular complexity index is 1110. The lowest BCUT2D eigenvalue weighted by molar-refractivity contribution is -0.247. The summed E-state index contributed by atoms with van der Waals surface area (Å²) in [6.45, 7) is 8.28. The van der Waals surface area contributed by atoms with Gasteiger partial charge in [-0.1, -0.05) is 13.8 Å². The Morgan fingerprint density at radius 3 is 2.49 bits per heavy atom. The van der Waals surface area contributed by atoms with E-state index in [9.17, 15) is 19.8 Å². The summed E-state index contributed by atoms with van der Waals surface area (Å²) in [5, 5.41) is 30.7. The fourth-order valence-corrected chi connectivity index (χ4v) is 10.0. The van der Waals surface area contributed by atoms with Crippen molar-refractivity contribution in [3.63, 3.8) is 0 Å². The van der Waals surface area contributed by atoms with Gasteiger partial charge in [0.2, 0.25) is 0 Å². The molecule has 6 rings (SSSR count). The number of hydrogen-bond donors (Lipinski definition) is 4. The van der Waals surface area contributed by atoms with Crippen LogP contribution in [0.15, 0.2) is 27.6 Å². The standard InChI is InChI=1S/C31H47N3O5/c1-28-11-7-22(33-27(36)32-15-18-34-16-3-4-17-34)19-30(28,37)13-9-25-24(28)8-12-29(2)23(10-14-31(25,29)38)21-5-6-26(35)39-20-21/h5-6,20,22-25,37-38H,3-4,7-19H2,1-2H3,(H2,32,33,36)/t22-,23+,24-,25+,28+,29+,30-,31-/m0/s1. The first-order valence-corrected chi connectivity index (χ1v) is 15.4. The van der Waals surface area contributed by atoms with Gasteiger partial charge >= 0.3 is 11.7 Å². The third-order valence-corrected chi connectivity index (χ3v) is 12.4. The van der Waals surface area contributed by atoms with Crippen molar-refractivity contribution in [1.29, 1.82) is 0 Å². The van der Waals surface area contributed by atoms with Gasteiger partial charge in [-0.2, -0.15) is 0 Å². The van der Waals surface area contributed by atoms with Crippen LogP contribution in [-0.2, 0) is 0 Å². The number of likely N-dealkylation sites (tertiary alicyclic amines) is 1. The molecule has 39 heavy (non-hydrogen) atoms. The third kappa shape index (κ3) is 4.36. The molecule has 5 fully saturated rings. The molecule has 2 heterocycles. The first-order valence-electron chi connectivity index (χ1n) is 15.4. The maximum absolute atomic E-state index is 12.6. The van der Waals surface area contributed by atoms with Gasteiger partial charge in [0.05, 0.1) is 17.5 Å². The predicted octanol–water partition coefficient (Wildman–Crippen LogP) is 3.76. The first kappa shape index (κ1) is 27.3. The van der Waals surface area contributed by atoms with E-state index >= 15 is 0 Å². The van der Waals surface area contributed by atoms with Gasteiger partial charge in [-0.3, -0.25) is 0 Å². The Morgan fingerprint density at radius 2 is 1.74 bits per heavy atom. The van der Waals surface area contributed by atoms with Gasteiger partial charge < -0.3 is 30.2 Å². The molecule has 5 aliphatic rings. The zero-order valence-corrected chi connectivity index (χ0v) is 23.7. The van der Waals surface area contributed by atoms with Gasteiger partial charge in [-0.05, 0) is 119 Å². The number of rotatable bonds is 5. The summed E-state index contributed by atoms with van der Waals surface area (Å²) in [6, 6.07) is 3.20. The van der Waals surface area contributed by atoms with Crippen molar-refractivity contribution < 1.29 is 19.4 Å². The number of amides is 2. The average Bonchev–Trinajstić information content (AvgIpc) is 3.51. The quantitative estimate of drug-likeness (QED) is 0.451. The summed E-state index contributed by atoms with van der Waals surface area (Å²) in [5.41, 5.74) is -1.54. The molecule has 0 radical (unpaired) electrons. The number of carbonyl (C=O) groups excluding carboxylic acids is 1. The second-order valence-electron chi connectivity index (χ2n) is 13.9. The predicted molar refractivity (Wildman–Crippen MR) is 148 cm³/mol. The maximum Gasteiger partial charge on any atom is 0.335 e. The molecule has 4 saturated carbocycles. The summed E-state index contributed by atoms with van der Waals surface area (Å²) in [7, 11) is 0. The lowest BCUT2D eigenvalue weighted by Crippen LogP contribution is -2.68. The fraction of sp³-hybridized carbons (Fsp3) is 0.806. The highest BCUT2D eigenvalue weighted by molar-refractivity contribution is 5.74. The third-order valence-electron chi connectivity index (χ3n) is 12.4. The number of hydrogen-bond acceptors (Lipinski definition) is 6. The molecule has 4 N–H and O–H groups in total. The van der Waals surface area contributed by atoms with Crippen molar-refractivity contribution in [3.8, 4) is 0 Å². The van der Waals surface area contributed by atoms with E-state index in [0.717, 1.165) is 70.1 Å². The fourth-order valence-electron chi connectivity index (χ4n) is 10.0. The molecule has 0 aromatic carbocycles. The second kappa shape index (κ2) is 9.88. The van der Waals surface area contributed by atoms with Gasteiger partial charge in [0.15, 0.2) is 0 Å². The minimum Gasteiger partial charge on any atom is -0.431 e. The largest absolute Gasteiger partial charge is 0.431 e. The van der Waals surface area contributed by atoms with Crippen LogP contribution in [0.1, 0.15) is 96.0 Å². The van der Waals surface area contributed by atoms with Crippen LogP contribution in [0.25, 0.3) is 0 Å². The van der Waals surface area contributed by atoms with E-state index < -0.39 is 11.2 Å². The molecule has 0 bridgehead atoms. The van der Waals surface area contributed by atoms with E-state index in [1.54, 1.807) is 6.26 Å². The highest BCUT2D eigenvalue weighted by atomic mass is 16.4. The van der Waals surface area contributed by atoms with E-state index in [1.165, 1.54) is 18.9 Å². The van der Waals surface area contributed by atoms with Gasteiger partial charge in [-0.25, -0.2) is 9.59 Å². The molecule has 2 amide bonds. The van der Waals surface area contributed by atoms with E-state index in [2.05, 4.69) is 29.4 Å². The van der Waals surface area contributed by atoms with Crippen LogP contribution in [0.4, 0.5) is 4.79 Å². The molecule has 8 nitrogen and oxygen atoms in total. The number of aliphatic hydroxyl groups is 2. The summed E-state index contributed by atoms with van der Waals surface area (Å²) >= 11 is 0. The molecule has 1 aliphatic heterocycles. The summed E-state index contributed by atoms with van der Waals surface area (Å²) in [4.78, 5) is 26.6. The minimum absolute atomic E-state index is 0.0352. The molecular formula is C31H47N3O5. The SMILES string of the molecule is C[C@]12CC[C@H](NC(=O)NCCN3CCCC3)C[C@@]1(O)CC[C@@H]1[C@@H]2CC[C@]2(C)[C@@H](c3ccc(=O)oc3)CC[C@]12O. The Labute approximate surface area is 231 Å². The maximum atomic E-state index is 12.6. The first-order chi connectivity index (χ1) is 18.6. The number of urea groups is 1. The summed E-state index contributed by atoms with van der Waals surface area (Å²) in [5.74, 6) is 0.544. The molecular weight excluding hydrogens is 494 g/mol. The number of carbonyl (C=O) groups is 1. The Balaban J connectivity index is 1.12. The van der Waals surface area contributed by atoms with Crippen molar-refractivity contribution in [1.82, 2.24) is 15.5 Å². The van der Waals surface area contributed by atoms with Gasteiger partial charge in [-0.15, -0.1) is 0 Å².